The third kappa shape index (κ3) is 1.42. The van der Waals surface area contributed by atoms with Crippen molar-refractivity contribution in [1.82, 2.24) is 0 Å². The highest BCUT2D eigenvalue weighted by atomic mass is 16.4. The Bertz CT molecular complexity index is 223. The number of hydrogen-bond donors (Lipinski definition) is 0. The molecular weight excluding hydrogens is 154 g/mol. The molecule has 0 aromatic rings. The van der Waals surface area contributed by atoms with Crippen LogP contribution in [0.4, 0.5) is 0 Å². The Morgan fingerprint density at radius 3 is 2.42 bits per heavy atom. The lowest BCUT2D eigenvalue weighted by Gasteiger charge is -2.29. The standard InChI is InChI=1S/C9H13NO2/c1-9(4-2-3-5-9)7(6-10)8(11)12/h7H,2-5H2,1H3,(H,11,12)/p-1. The minimum Gasteiger partial charge on any atom is -0.549 e. The minimum atomic E-state index is -1.22. The molecule has 1 atom stereocenters. The summed E-state index contributed by atoms with van der Waals surface area (Å²) in [4.78, 5) is 10.6. The molecule has 1 aliphatic carbocycles. The highest BCUT2D eigenvalue weighted by Gasteiger charge is 2.37. The van der Waals surface area contributed by atoms with E-state index >= 15 is 0 Å². The van der Waals surface area contributed by atoms with Gasteiger partial charge < -0.3 is 9.90 Å². The van der Waals surface area contributed by atoms with Crippen molar-refractivity contribution >= 4 is 5.97 Å². The molecule has 1 unspecified atom stereocenters. The van der Waals surface area contributed by atoms with E-state index in [0.29, 0.717) is 0 Å². The van der Waals surface area contributed by atoms with E-state index in [1.54, 1.807) is 0 Å². The van der Waals surface area contributed by atoms with Crippen molar-refractivity contribution < 1.29 is 9.90 Å². The van der Waals surface area contributed by atoms with Gasteiger partial charge >= 0.3 is 0 Å². The first-order chi connectivity index (χ1) is 5.60. The lowest BCUT2D eigenvalue weighted by molar-refractivity contribution is -0.312. The lowest BCUT2D eigenvalue weighted by Crippen LogP contribution is -2.39. The first-order valence-corrected chi connectivity index (χ1v) is 4.20. The number of carboxylic acid groups (broad SMARTS) is 1. The first kappa shape index (κ1) is 9.05. The molecule has 1 fully saturated rings. The summed E-state index contributed by atoms with van der Waals surface area (Å²) in [6, 6.07) is 1.82. The minimum absolute atomic E-state index is 0.340. The second-order valence-electron chi connectivity index (χ2n) is 3.74. The summed E-state index contributed by atoms with van der Waals surface area (Å²) >= 11 is 0. The smallest absolute Gasteiger partial charge is 0.0911 e. The molecule has 1 aliphatic rings. The SMILES string of the molecule is CC1(C(C#N)C(=O)[O-])CCCC1. The van der Waals surface area contributed by atoms with Crippen LogP contribution in [-0.2, 0) is 4.79 Å². The van der Waals surface area contributed by atoms with E-state index < -0.39 is 11.9 Å². The average Bonchev–Trinajstić information content (AvgIpc) is 2.37. The summed E-state index contributed by atoms with van der Waals surface area (Å²) in [6.45, 7) is 1.86. The van der Waals surface area contributed by atoms with Gasteiger partial charge in [-0.05, 0) is 18.3 Å². The zero-order valence-corrected chi connectivity index (χ0v) is 7.17. The van der Waals surface area contributed by atoms with E-state index in [-0.39, 0.29) is 5.41 Å². The van der Waals surface area contributed by atoms with Crippen LogP contribution in [0.5, 0.6) is 0 Å². The van der Waals surface area contributed by atoms with Crippen LogP contribution in [0.3, 0.4) is 0 Å². The second kappa shape index (κ2) is 3.14. The maximum Gasteiger partial charge on any atom is 0.0911 e. The van der Waals surface area contributed by atoms with Gasteiger partial charge in [-0.25, -0.2) is 0 Å². The number of aliphatic carboxylic acids is 1. The van der Waals surface area contributed by atoms with Gasteiger partial charge in [-0.3, -0.25) is 0 Å². The van der Waals surface area contributed by atoms with E-state index in [0.717, 1.165) is 25.7 Å². The second-order valence-corrected chi connectivity index (χ2v) is 3.74. The fourth-order valence-electron chi connectivity index (χ4n) is 1.96. The van der Waals surface area contributed by atoms with Gasteiger partial charge in [-0.2, -0.15) is 5.26 Å². The van der Waals surface area contributed by atoms with Gasteiger partial charge in [0.1, 0.15) is 0 Å². The Balaban J connectivity index is 2.78. The zero-order valence-electron chi connectivity index (χ0n) is 7.17. The van der Waals surface area contributed by atoms with Crippen LogP contribution in [0.2, 0.25) is 0 Å². The van der Waals surface area contributed by atoms with E-state index in [2.05, 4.69) is 0 Å². The third-order valence-electron chi connectivity index (χ3n) is 2.81. The summed E-state index contributed by atoms with van der Waals surface area (Å²) in [5, 5.41) is 19.2. The van der Waals surface area contributed by atoms with Gasteiger partial charge in [0.25, 0.3) is 0 Å². The quantitative estimate of drug-likeness (QED) is 0.598. The van der Waals surface area contributed by atoms with Crippen LogP contribution >= 0.6 is 0 Å². The van der Waals surface area contributed by atoms with Crippen molar-refractivity contribution in [1.29, 1.82) is 5.26 Å². The summed E-state index contributed by atoms with van der Waals surface area (Å²) in [5.74, 6) is -2.15. The Hall–Kier alpha value is -1.04. The summed E-state index contributed by atoms with van der Waals surface area (Å²) in [5.41, 5.74) is -0.340. The van der Waals surface area contributed by atoms with Gasteiger partial charge in [-0.15, -0.1) is 0 Å². The van der Waals surface area contributed by atoms with E-state index in [4.69, 9.17) is 5.26 Å². The van der Waals surface area contributed by atoms with Crippen LogP contribution in [0.25, 0.3) is 0 Å². The average molecular weight is 166 g/mol. The molecule has 0 radical (unpaired) electrons. The van der Waals surface area contributed by atoms with E-state index in [9.17, 15) is 9.90 Å². The number of rotatable bonds is 2. The van der Waals surface area contributed by atoms with Crippen LogP contribution < -0.4 is 5.11 Å². The van der Waals surface area contributed by atoms with E-state index in [1.165, 1.54) is 0 Å². The van der Waals surface area contributed by atoms with Crippen molar-refractivity contribution in [3.8, 4) is 6.07 Å². The Kier molecular flexibility index (Phi) is 2.37. The van der Waals surface area contributed by atoms with Crippen LogP contribution in [0, 0.1) is 22.7 Å². The van der Waals surface area contributed by atoms with Crippen LogP contribution in [-0.4, -0.2) is 5.97 Å². The maximum absolute atomic E-state index is 10.6. The molecule has 12 heavy (non-hydrogen) atoms. The van der Waals surface area contributed by atoms with Crippen molar-refractivity contribution in [3.63, 3.8) is 0 Å². The van der Waals surface area contributed by atoms with Gasteiger partial charge in [-0.1, -0.05) is 19.8 Å². The van der Waals surface area contributed by atoms with Crippen molar-refractivity contribution in [2.24, 2.45) is 11.3 Å². The number of nitriles is 1. The molecule has 0 heterocycles. The predicted octanol–water partition coefficient (Wildman–Crippen LogP) is 0.456. The third-order valence-corrected chi connectivity index (χ3v) is 2.81. The summed E-state index contributed by atoms with van der Waals surface area (Å²) in [7, 11) is 0. The van der Waals surface area contributed by atoms with Crippen LogP contribution in [0.1, 0.15) is 32.6 Å². The molecule has 66 valence electrons. The van der Waals surface area contributed by atoms with Crippen molar-refractivity contribution in [2.45, 2.75) is 32.6 Å². The Morgan fingerprint density at radius 1 is 1.58 bits per heavy atom. The largest absolute Gasteiger partial charge is 0.549 e. The van der Waals surface area contributed by atoms with Gasteiger partial charge in [0.2, 0.25) is 0 Å². The zero-order chi connectivity index (χ0) is 9.19. The molecule has 0 spiro atoms. The molecule has 0 bridgehead atoms. The highest BCUT2D eigenvalue weighted by Crippen LogP contribution is 2.43. The first-order valence-electron chi connectivity index (χ1n) is 4.20. The molecule has 0 aliphatic heterocycles. The van der Waals surface area contributed by atoms with Gasteiger partial charge in [0.15, 0.2) is 0 Å². The fraction of sp³-hybridized carbons (Fsp3) is 0.778. The van der Waals surface area contributed by atoms with E-state index in [1.807, 2.05) is 13.0 Å². The van der Waals surface area contributed by atoms with Gasteiger partial charge in [0, 0.05) is 0 Å². The molecule has 0 N–H and O–H groups in total. The van der Waals surface area contributed by atoms with Crippen molar-refractivity contribution in [2.75, 3.05) is 0 Å². The topological polar surface area (TPSA) is 63.9 Å². The molecule has 0 saturated heterocycles. The van der Waals surface area contributed by atoms with Crippen molar-refractivity contribution in [3.05, 3.63) is 0 Å². The van der Waals surface area contributed by atoms with Gasteiger partial charge in [0.05, 0.1) is 18.0 Å². The number of carbonyl (C=O) groups excluding carboxylic acids is 1. The number of nitrogens with zero attached hydrogens (tertiary/aromatic N) is 1. The number of hydrogen-bond acceptors (Lipinski definition) is 3. The highest BCUT2D eigenvalue weighted by molar-refractivity contribution is 5.71. The molecule has 0 aromatic carbocycles. The molecule has 3 nitrogen and oxygen atoms in total. The molecule has 1 rings (SSSR count). The fourth-order valence-corrected chi connectivity index (χ4v) is 1.96. The number of carbonyl (C=O) groups is 1. The molecule has 0 aromatic heterocycles. The Morgan fingerprint density at radius 2 is 2.08 bits per heavy atom. The predicted molar refractivity (Wildman–Crippen MR) is 40.7 cm³/mol. The summed E-state index contributed by atoms with van der Waals surface area (Å²) in [6.07, 6.45) is 3.72. The molecular formula is C9H12NO2-. The monoisotopic (exact) mass is 166 g/mol. The maximum atomic E-state index is 10.6. The number of carboxylic acids is 1. The van der Waals surface area contributed by atoms with Crippen LogP contribution in [0.15, 0.2) is 0 Å². The molecule has 0 amide bonds. The molecule has 1 saturated carbocycles. The molecule has 3 heteroatoms. The lowest BCUT2D eigenvalue weighted by atomic mass is 9.76. The Labute approximate surface area is 72.0 Å². The normalized spacial score (nSPS) is 23.0. The summed E-state index contributed by atoms with van der Waals surface area (Å²) < 4.78 is 0.